The van der Waals surface area contributed by atoms with Gasteiger partial charge < -0.3 is 14.4 Å². The number of benzene rings is 1. The molecule has 1 aromatic heterocycles. The van der Waals surface area contributed by atoms with E-state index < -0.39 is 6.10 Å². The summed E-state index contributed by atoms with van der Waals surface area (Å²) in [6, 6.07) is 5.29. The van der Waals surface area contributed by atoms with Crippen LogP contribution in [0.3, 0.4) is 0 Å². The second-order valence-corrected chi connectivity index (χ2v) is 4.69. The van der Waals surface area contributed by atoms with Crippen molar-refractivity contribution in [2.45, 2.75) is 33.1 Å². The molecule has 1 atom stereocenters. The van der Waals surface area contributed by atoms with Gasteiger partial charge in [-0.15, -0.1) is 0 Å². The summed E-state index contributed by atoms with van der Waals surface area (Å²) in [6.07, 6.45) is 3.13. The molecule has 1 aromatic carbocycles. The summed E-state index contributed by atoms with van der Waals surface area (Å²) in [7, 11) is 0. The van der Waals surface area contributed by atoms with Gasteiger partial charge in [0.15, 0.2) is 0 Å². The van der Waals surface area contributed by atoms with E-state index in [2.05, 4.69) is 11.9 Å². The van der Waals surface area contributed by atoms with E-state index in [0.717, 1.165) is 17.9 Å². The third-order valence-electron chi connectivity index (χ3n) is 2.94. The van der Waals surface area contributed by atoms with Gasteiger partial charge in [0.05, 0.1) is 11.1 Å². The first-order chi connectivity index (χ1) is 9.11. The molecule has 0 bridgehead atoms. The van der Waals surface area contributed by atoms with Crippen molar-refractivity contribution in [3.8, 4) is 5.75 Å². The number of ether oxygens (including phenoxy) is 1. The van der Waals surface area contributed by atoms with Crippen LogP contribution in [-0.4, -0.2) is 14.7 Å². The molecule has 1 N–H and O–H groups in total. The Hall–Kier alpha value is -1.52. The normalized spacial score (nSPS) is 12.4. The number of aryl methyl sites for hydroxylation is 1. The molecule has 102 valence electrons. The van der Waals surface area contributed by atoms with Gasteiger partial charge in [-0.2, -0.15) is 0 Å². The Bertz CT molecular complexity index is 552. The van der Waals surface area contributed by atoms with Crippen molar-refractivity contribution in [3.63, 3.8) is 0 Å². The number of hydrogen-bond acceptors (Lipinski definition) is 3. The summed E-state index contributed by atoms with van der Waals surface area (Å²) in [4.78, 5) is 4.23. The van der Waals surface area contributed by atoms with Gasteiger partial charge in [0, 0.05) is 18.9 Å². The summed E-state index contributed by atoms with van der Waals surface area (Å²) >= 11 is 6.12. The maximum Gasteiger partial charge on any atom is 0.146 e. The molecular formula is C14H17ClN2O2. The first kappa shape index (κ1) is 13.9. The Labute approximate surface area is 117 Å². The smallest absolute Gasteiger partial charge is 0.146 e. The van der Waals surface area contributed by atoms with Gasteiger partial charge in [-0.1, -0.05) is 17.7 Å². The molecule has 0 aliphatic carbocycles. The summed E-state index contributed by atoms with van der Waals surface area (Å²) in [5.74, 6) is 1.45. The van der Waals surface area contributed by atoms with Crippen LogP contribution in [0.1, 0.15) is 31.3 Å². The highest BCUT2D eigenvalue weighted by Crippen LogP contribution is 2.28. The monoisotopic (exact) mass is 280 g/mol. The van der Waals surface area contributed by atoms with E-state index in [-0.39, 0.29) is 0 Å². The number of nitrogens with zero attached hydrogens (tertiary/aromatic N) is 2. The van der Waals surface area contributed by atoms with Crippen LogP contribution in [0.2, 0.25) is 5.02 Å². The Morgan fingerprint density at radius 3 is 2.89 bits per heavy atom. The lowest BCUT2D eigenvalue weighted by molar-refractivity contribution is 0.199. The Balaban J connectivity index is 2.08. The maximum atomic E-state index is 9.47. The van der Waals surface area contributed by atoms with Gasteiger partial charge in [-0.3, -0.25) is 0 Å². The van der Waals surface area contributed by atoms with Gasteiger partial charge in [0.2, 0.25) is 0 Å². The van der Waals surface area contributed by atoms with Crippen molar-refractivity contribution in [1.29, 1.82) is 0 Å². The fourth-order valence-electron chi connectivity index (χ4n) is 1.80. The molecule has 0 saturated heterocycles. The largest absolute Gasteiger partial charge is 0.484 e. The Morgan fingerprint density at radius 2 is 2.26 bits per heavy atom. The fraction of sp³-hybridized carbons (Fsp3) is 0.357. The second kappa shape index (κ2) is 6.08. The first-order valence-corrected chi connectivity index (χ1v) is 6.60. The summed E-state index contributed by atoms with van der Waals surface area (Å²) in [6.45, 7) is 4.97. The van der Waals surface area contributed by atoms with Crippen molar-refractivity contribution >= 4 is 11.6 Å². The van der Waals surface area contributed by atoms with Crippen LogP contribution in [0.4, 0.5) is 0 Å². The van der Waals surface area contributed by atoms with Crippen molar-refractivity contribution in [1.82, 2.24) is 9.55 Å². The quantitative estimate of drug-likeness (QED) is 0.915. The summed E-state index contributed by atoms with van der Waals surface area (Å²) in [5, 5.41) is 9.97. The zero-order chi connectivity index (χ0) is 13.8. The van der Waals surface area contributed by atoms with Crippen LogP contribution < -0.4 is 4.74 Å². The van der Waals surface area contributed by atoms with Crippen LogP contribution in [0, 0.1) is 0 Å². The van der Waals surface area contributed by atoms with Crippen LogP contribution in [0.15, 0.2) is 30.6 Å². The molecule has 5 heteroatoms. The maximum absolute atomic E-state index is 9.47. The number of aliphatic hydroxyl groups is 1. The van der Waals surface area contributed by atoms with Crippen LogP contribution in [0.25, 0.3) is 0 Å². The highest BCUT2D eigenvalue weighted by Gasteiger charge is 2.08. The van der Waals surface area contributed by atoms with E-state index in [4.69, 9.17) is 16.3 Å². The lowest BCUT2D eigenvalue weighted by Gasteiger charge is -2.11. The zero-order valence-electron chi connectivity index (χ0n) is 11.0. The number of imidazole rings is 1. The van der Waals surface area contributed by atoms with Gasteiger partial charge in [-0.05, 0) is 31.5 Å². The van der Waals surface area contributed by atoms with E-state index in [1.165, 1.54) is 0 Å². The highest BCUT2D eigenvalue weighted by molar-refractivity contribution is 6.32. The fourth-order valence-corrected chi connectivity index (χ4v) is 2.05. The molecule has 2 aromatic rings. The zero-order valence-corrected chi connectivity index (χ0v) is 11.8. The molecule has 0 spiro atoms. The van der Waals surface area contributed by atoms with Crippen molar-refractivity contribution in [3.05, 3.63) is 47.0 Å². The average molecular weight is 281 g/mol. The average Bonchev–Trinajstić information content (AvgIpc) is 2.84. The molecule has 0 unspecified atom stereocenters. The Morgan fingerprint density at radius 1 is 1.47 bits per heavy atom. The Kier molecular flexibility index (Phi) is 4.45. The van der Waals surface area contributed by atoms with Gasteiger partial charge >= 0.3 is 0 Å². The highest BCUT2D eigenvalue weighted by atomic mass is 35.5. The molecule has 4 nitrogen and oxygen atoms in total. The van der Waals surface area contributed by atoms with E-state index in [9.17, 15) is 5.11 Å². The van der Waals surface area contributed by atoms with Gasteiger partial charge in [0.25, 0.3) is 0 Å². The van der Waals surface area contributed by atoms with Crippen LogP contribution >= 0.6 is 11.6 Å². The van der Waals surface area contributed by atoms with Crippen LogP contribution in [0.5, 0.6) is 5.75 Å². The lowest BCUT2D eigenvalue weighted by Crippen LogP contribution is -2.05. The standard InChI is InChI=1S/C14H17ClN2O2/c1-3-17-7-6-16-14(17)9-19-13-5-4-11(10(2)18)8-12(13)15/h4-8,10,18H,3,9H2,1-2H3/t10-/m0/s1. The van der Waals surface area contributed by atoms with E-state index in [1.54, 1.807) is 31.3 Å². The van der Waals surface area contributed by atoms with Gasteiger partial charge in [0.1, 0.15) is 18.2 Å². The van der Waals surface area contributed by atoms with Crippen molar-refractivity contribution < 1.29 is 9.84 Å². The number of rotatable bonds is 5. The molecule has 0 radical (unpaired) electrons. The van der Waals surface area contributed by atoms with Gasteiger partial charge in [-0.25, -0.2) is 4.98 Å². The van der Waals surface area contributed by atoms with Crippen molar-refractivity contribution in [2.75, 3.05) is 0 Å². The molecule has 0 amide bonds. The second-order valence-electron chi connectivity index (χ2n) is 4.28. The molecule has 0 fully saturated rings. The topological polar surface area (TPSA) is 47.3 Å². The number of aliphatic hydroxyl groups excluding tert-OH is 1. The first-order valence-electron chi connectivity index (χ1n) is 6.22. The third-order valence-corrected chi connectivity index (χ3v) is 3.23. The molecule has 1 heterocycles. The summed E-state index contributed by atoms with van der Waals surface area (Å²) < 4.78 is 7.67. The summed E-state index contributed by atoms with van der Waals surface area (Å²) in [5.41, 5.74) is 0.771. The number of hydrogen-bond donors (Lipinski definition) is 1. The minimum atomic E-state index is -0.537. The predicted octanol–water partition coefficient (Wildman–Crippen LogP) is 3.19. The molecule has 2 rings (SSSR count). The van der Waals surface area contributed by atoms with E-state index >= 15 is 0 Å². The lowest BCUT2D eigenvalue weighted by atomic mass is 10.1. The van der Waals surface area contributed by atoms with E-state index in [0.29, 0.717) is 17.4 Å². The third kappa shape index (κ3) is 3.28. The number of halogens is 1. The molecule has 0 aliphatic rings. The molecule has 0 aliphatic heterocycles. The minimum absolute atomic E-state index is 0.370. The molecule has 19 heavy (non-hydrogen) atoms. The van der Waals surface area contributed by atoms with E-state index in [1.807, 2.05) is 10.8 Å². The SMILES string of the molecule is CCn1ccnc1COc1ccc([C@H](C)O)cc1Cl. The molecular weight excluding hydrogens is 264 g/mol. The number of aromatic nitrogens is 2. The molecule has 0 saturated carbocycles. The van der Waals surface area contributed by atoms with Crippen molar-refractivity contribution in [2.24, 2.45) is 0 Å². The minimum Gasteiger partial charge on any atom is -0.484 e. The predicted molar refractivity (Wildman–Crippen MR) is 74.3 cm³/mol. The van der Waals surface area contributed by atoms with Crippen LogP contribution in [-0.2, 0) is 13.2 Å².